The van der Waals surface area contributed by atoms with Gasteiger partial charge in [0.1, 0.15) is 12.4 Å². The van der Waals surface area contributed by atoms with Crippen LogP contribution < -0.4 is 10.1 Å². The van der Waals surface area contributed by atoms with Crippen LogP contribution >= 0.6 is 15.9 Å². The molecule has 0 bridgehead atoms. The lowest BCUT2D eigenvalue weighted by atomic mass is 10.2. The quantitative estimate of drug-likeness (QED) is 0.664. The van der Waals surface area contributed by atoms with Gasteiger partial charge in [0.05, 0.1) is 4.47 Å². The molecule has 22 heavy (non-hydrogen) atoms. The summed E-state index contributed by atoms with van der Waals surface area (Å²) in [5.74, 6) is 0.855. The lowest BCUT2D eigenvalue weighted by Crippen LogP contribution is -2.15. The number of aliphatic hydroxyl groups excluding tert-OH is 1. The Balaban J connectivity index is 1.81. The molecule has 4 heteroatoms. The molecule has 0 aliphatic carbocycles. The molecule has 0 aliphatic rings. The molecule has 0 amide bonds. The van der Waals surface area contributed by atoms with E-state index in [9.17, 15) is 0 Å². The number of rotatable bonds is 9. The average molecular weight is 364 g/mol. The zero-order valence-electron chi connectivity index (χ0n) is 12.6. The number of aliphatic hydroxyl groups is 1. The molecule has 0 spiro atoms. The number of unbranched alkanes of at least 4 members (excludes halogenated alkanes) is 1. The first kappa shape index (κ1) is 17.0. The van der Waals surface area contributed by atoms with E-state index in [0.717, 1.165) is 41.7 Å². The van der Waals surface area contributed by atoms with Crippen molar-refractivity contribution in [3.05, 3.63) is 64.1 Å². The standard InChI is InChI=1S/C18H22BrNO2/c19-17-12-16(13-20-10-4-5-11-21)8-9-18(17)22-14-15-6-2-1-3-7-15/h1-3,6-9,12,20-21H,4-5,10-11,13-14H2. The first-order valence-corrected chi connectivity index (χ1v) is 8.35. The van der Waals surface area contributed by atoms with E-state index in [0.29, 0.717) is 6.61 Å². The molecule has 0 aliphatic heterocycles. The van der Waals surface area contributed by atoms with Gasteiger partial charge in [0.25, 0.3) is 0 Å². The highest BCUT2D eigenvalue weighted by atomic mass is 79.9. The maximum absolute atomic E-state index is 8.73. The van der Waals surface area contributed by atoms with Crippen molar-refractivity contribution >= 4 is 15.9 Å². The van der Waals surface area contributed by atoms with Crippen LogP contribution in [0.5, 0.6) is 5.75 Å². The average Bonchev–Trinajstić information content (AvgIpc) is 2.55. The third-order valence-corrected chi connectivity index (χ3v) is 3.94. The number of halogens is 1. The Kier molecular flexibility index (Phi) is 7.43. The molecular weight excluding hydrogens is 342 g/mol. The van der Waals surface area contributed by atoms with Crippen molar-refractivity contribution in [3.63, 3.8) is 0 Å². The van der Waals surface area contributed by atoms with Gasteiger partial charge < -0.3 is 15.2 Å². The van der Waals surface area contributed by atoms with Gasteiger partial charge in [0.15, 0.2) is 0 Å². The lowest BCUT2D eigenvalue weighted by molar-refractivity contribution is 0.283. The largest absolute Gasteiger partial charge is 0.488 e. The highest BCUT2D eigenvalue weighted by Crippen LogP contribution is 2.26. The molecule has 0 saturated carbocycles. The summed E-state index contributed by atoms with van der Waals surface area (Å²) in [5.41, 5.74) is 2.37. The summed E-state index contributed by atoms with van der Waals surface area (Å²) in [6, 6.07) is 16.3. The van der Waals surface area contributed by atoms with Crippen LogP contribution in [0.1, 0.15) is 24.0 Å². The number of nitrogens with one attached hydrogen (secondary N) is 1. The lowest BCUT2D eigenvalue weighted by Gasteiger charge is -2.10. The van der Waals surface area contributed by atoms with E-state index in [4.69, 9.17) is 9.84 Å². The number of hydrogen-bond donors (Lipinski definition) is 2. The predicted octanol–water partition coefficient (Wildman–Crippen LogP) is 3.89. The molecular formula is C18H22BrNO2. The van der Waals surface area contributed by atoms with Crippen molar-refractivity contribution in [1.29, 1.82) is 0 Å². The fourth-order valence-electron chi connectivity index (χ4n) is 2.10. The minimum atomic E-state index is 0.265. The molecule has 2 aromatic rings. The van der Waals surface area contributed by atoms with Gasteiger partial charge in [-0.3, -0.25) is 0 Å². The summed E-state index contributed by atoms with van der Waals surface area (Å²) in [6.45, 7) is 2.58. The first-order chi connectivity index (χ1) is 10.8. The van der Waals surface area contributed by atoms with Crippen molar-refractivity contribution in [2.45, 2.75) is 26.0 Å². The Bertz CT molecular complexity index is 560. The summed E-state index contributed by atoms with van der Waals surface area (Å²) in [4.78, 5) is 0. The van der Waals surface area contributed by atoms with Crippen LogP contribution in [0, 0.1) is 0 Å². The normalized spacial score (nSPS) is 10.6. The Morgan fingerprint density at radius 1 is 1.00 bits per heavy atom. The van der Waals surface area contributed by atoms with Crippen LogP contribution in [0.2, 0.25) is 0 Å². The Morgan fingerprint density at radius 2 is 1.82 bits per heavy atom. The van der Waals surface area contributed by atoms with E-state index in [2.05, 4.69) is 45.5 Å². The fourth-order valence-corrected chi connectivity index (χ4v) is 2.64. The van der Waals surface area contributed by atoms with Crippen LogP contribution in [0.25, 0.3) is 0 Å². The highest BCUT2D eigenvalue weighted by molar-refractivity contribution is 9.10. The van der Waals surface area contributed by atoms with Gasteiger partial charge in [0.2, 0.25) is 0 Å². The van der Waals surface area contributed by atoms with Gasteiger partial charge in [-0.1, -0.05) is 36.4 Å². The number of ether oxygens (including phenoxy) is 1. The molecule has 0 heterocycles. The van der Waals surface area contributed by atoms with Crippen molar-refractivity contribution < 1.29 is 9.84 Å². The van der Waals surface area contributed by atoms with E-state index < -0.39 is 0 Å². The maximum atomic E-state index is 8.73. The first-order valence-electron chi connectivity index (χ1n) is 7.56. The third-order valence-electron chi connectivity index (χ3n) is 3.32. The zero-order valence-corrected chi connectivity index (χ0v) is 14.2. The second-order valence-electron chi connectivity index (χ2n) is 5.15. The Labute approximate surface area is 140 Å². The summed E-state index contributed by atoms with van der Waals surface area (Å²) < 4.78 is 6.81. The summed E-state index contributed by atoms with van der Waals surface area (Å²) in [7, 11) is 0. The minimum Gasteiger partial charge on any atom is -0.488 e. The molecule has 0 atom stereocenters. The molecule has 0 fully saturated rings. The van der Waals surface area contributed by atoms with Gasteiger partial charge in [-0.05, 0) is 58.6 Å². The van der Waals surface area contributed by atoms with Gasteiger partial charge in [-0.15, -0.1) is 0 Å². The van der Waals surface area contributed by atoms with Crippen LogP contribution in [0.4, 0.5) is 0 Å². The molecule has 2 rings (SSSR count). The molecule has 2 N–H and O–H groups in total. The number of benzene rings is 2. The monoisotopic (exact) mass is 363 g/mol. The molecule has 3 nitrogen and oxygen atoms in total. The molecule has 118 valence electrons. The van der Waals surface area contributed by atoms with E-state index in [1.165, 1.54) is 5.56 Å². The van der Waals surface area contributed by atoms with Crippen molar-refractivity contribution in [1.82, 2.24) is 5.32 Å². The summed E-state index contributed by atoms with van der Waals surface area (Å²) in [6.07, 6.45) is 1.85. The van der Waals surface area contributed by atoms with Crippen LogP contribution in [0.15, 0.2) is 53.0 Å². The molecule has 0 unspecified atom stereocenters. The van der Waals surface area contributed by atoms with E-state index in [1.807, 2.05) is 24.3 Å². The van der Waals surface area contributed by atoms with Crippen LogP contribution in [-0.2, 0) is 13.2 Å². The maximum Gasteiger partial charge on any atom is 0.134 e. The number of hydrogen-bond acceptors (Lipinski definition) is 3. The van der Waals surface area contributed by atoms with Gasteiger partial charge in [-0.25, -0.2) is 0 Å². The summed E-state index contributed by atoms with van der Waals surface area (Å²) in [5, 5.41) is 12.1. The highest BCUT2D eigenvalue weighted by Gasteiger charge is 2.03. The van der Waals surface area contributed by atoms with E-state index >= 15 is 0 Å². The third kappa shape index (κ3) is 5.79. The topological polar surface area (TPSA) is 41.5 Å². The van der Waals surface area contributed by atoms with Crippen molar-refractivity contribution in [2.75, 3.05) is 13.2 Å². The minimum absolute atomic E-state index is 0.265. The zero-order chi connectivity index (χ0) is 15.6. The van der Waals surface area contributed by atoms with Gasteiger partial charge in [-0.2, -0.15) is 0 Å². The van der Waals surface area contributed by atoms with E-state index in [1.54, 1.807) is 0 Å². The molecule has 2 aromatic carbocycles. The SMILES string of the molecule is OCCCCNCc1ccc(OCc2ccccc2)c(Br)c1. The van der Waals surface area contributed by atoms with Crippen LogP contribution in [-0.4, -0.2) is 18.3 Å². The Morgan fingerprint density at radius 3 is 2.55 bits per heavy atom. The van der Waals surface area contributed by atoms with Crippen LogP contribution in [0.3, 0.4) is 0 Å². The van der Waals surface area contributed by atoms with Crippen molar-refractivity contribution in [2.24, 2.45) is 0 Å². The van der Waals surface area contributed by atoms with Gasteiger partial charge in [0, 0.05) is 13.2 Å². The molecule has 0 aromatic heterocycles. The summed E-state index contributed by atoms with van der Waals surface area (Å²) >= 11 is 3.57. The Hall–Kier alpha value is -1.36. The van der Waals surface area contributed by atoms with Crippen molar-refractivity contribution in [3.8, 4) is 5.75 Å². The van der Waals surface area contributed by atoms with Gasteiger partial charge >= 0.3 is 0 Å². The smallest absolute Gasteiger partial charge is 0.134 e. The molecule has 0 saturated heterocycles. The fraction of sp³-hybridized carbons (Fsp3) is 0.333. The molecule has 0 radical (unpaired) electrons. The predicted molar refractivity (Wildman–Crippen MR) is 92.9 cm³/mol. The second kappa shape index (κ2) is 9.62. The second-order valence-corrected chi connectivity index (χ2v) is 6.00. The van der Waals surface area contributed by atoms with E-state index in [-0.39, 0.29) is 6.61 Å².